The molecule has 0 saturated carbocycles. The molecule has 4 rings (SSSR count). The summed E-state index contributed by atoms with van der Waals surface area (Å²) in [4.78, 5) is 17.4. The molecular weight excluding hydrogens is 374 g/mol. The van der Waals surface area contributed by atoms with E-state index in [4.69, 9.17) is 4.74 Å². The van der Waals surface area contributed by atoms with Crippen LogP contribution in [0.1, 0.15) is 36.3 Å². The molecule has 1 heterocycles. The highest BCUT2D eigenvalue weighted by atomic mass is 16.5. The first-order valence-electron chi connectivity index (χ1n) is 11.2. The molecule has 5 nitrogen and oxygen atoms in total. The van der Waals surface area contributed by atoms with Crippen molar-refractivity contribution >= 4 is 11.6 Å². The number of amides is 1. The summed E-state index contributed by atoms with van der Waals surface area (Å²) in [5.41, 5.74) is 3.97. The Labute approximate surface area is 180 Å². The number of nitrogens with one attached hydrogen (secondary N) is 1. The quantitative estimate of drug-likeness (QED) is 0.764. The summed E-state index contributed by atoms with van der Waals surface area (Å²) in [6, 6.07) is 16.9. The van der Waals surface area contributed by atoms with Crippen LogP contribution in [0, 0.1) is 0 Å². The van der Waals surface area contributed by atoms with Gasteiger partial charge in [0.2, 0.25) is 5.91 Å². The summed E-state index contributed by atoms with van der Waals surface area (Å²) >= 11 is 0. The fraction of sp³-hybridized carbons (Fsp3) is 0.480. The zero-order valence-electron chi connectivity index (χ0n) is 18.0. The van der Waals surface area contributed by atoms with Crippen LogP contribution < -0.4 is 15.0 Å². The second-order valence-corrected chi connectivity index (χ2v) is 8.37. The molecule has 1 fully saturated rings. The minimum absolute atomic E-state index is 0.173. The molecule has 1 saturated heterocycles. The molecule has 1 amide bonds. The number of anilines is 1. The summed E-state index contributed by atoms with van der Waals surface area (Å²) in [7, 11) is 1.71. The molecule has 2 aromatic rings. The molecule has 1 N–H and O–H groups in total. The van der Waals surface area contributed by atoms with Crippen LogP contribution in [-0.2, 0) is 11.2 Å². The highest BCUT2D eigenvalue weighted by molar-refractivity contribution is 5.77. The number of piperazine rings is 1. The summed E-state index contributed by atoms with van der Waals surface area (Å²) in [6.07, 6.45) is 3.90. The van der Waals surface area contributed by atoms with Gasteiger partial charge in [0.05, 0.1) is 7.11 Å². The Bertz CT molecular complexity index is 832. The van der Waals surface area contributed by atoms with Crippen LogP contribution in [-0.4, -0.2) is 57.2 Å². The standard InChI is InChI=1S/C25H33N3O2/c1-30-23-10-11-24-20(18-23)6-5-7-21(24)19-25(29)26-12-13-27-14-16-28(17-15-27)22-8-3-2-4-9-22/h2-4,8-11,18,21H,5-7,12-17,19H2,1H3,(H,26,29). The van der Waals surface area contributed by atoms with Crippen LogP contribution in [0.5, 0.6) is 5.75 Å². The molecule has 5 heteroatoms. The number of hydrogen-bond acceptors (Lipinski definition) is 4. The Balaban J connectivity index is 1.19. The molecule has 1 unspecified atom stereocenters. The lowest BCUT2D eigenvalue weighted by Gasteiger charge is -2.36. The van der Waals surface area contributed by atoms with Gasteiger partial charge in [-0.3, -0.25) is 9.69 Å². The number of methoxy groups -OCH3 is 1. The van der Waals surface area contributed by atoms with Gasteiger partial charge in [-0.2, -0.15) is 0 Å². The molecule has 2 aromatic carbocycles. The Kier molecular flexibility index (Phi) is 6.90. The van der Waals surface area contributed by atoms with Gasteiger partial charge >= 0.3 is 0 Å². The van der Waals surface area contributed by atoms with Crippen molar-refractivity contribution in [1.29, 1.82) is 0 Å². The van der Waals surface area contributed by atoms with Gasteiger partial charge in [-0.1, -0.05) is 24.3 Å². The lowest BCUT2D eigenvalue weighted by Crippen LogP contribution is -2.48. The van der Waals surface area contributed by atoms with Gasteiger partial charge in [-0.25, -0.2) is 0 Å². The number of rotatable bonds is 7. The van der Waals surface area contributed by atoms with E-state index in [0.29, 0.717) is 12.3 Å². The predicted octanol–water partition coefficient (Wildman–Crippen LogP) is 3.44. The summed E-state index contributed by atoms with van der Waals surface area (Å²) in [5, 5.41) is 3.15. The van der Waals surface area contributed by atoms with Crippen molar-refractivity contribution in [2.75, 3.05) is 51.3 Å². The van der Waals surface area contributed by atoms with Gasteiger partial charge in [0.25, 0.3) is 0 Å². The zero-order chi connectivity index (χ0) is 20.8. The van der Waals surface area contributed by atoms with Crippen molar-refractivity contribution in [3.8, 4) is 5.75 Å². The molecule has 1 aliphatic carbocycles. The Morgan fingerprint density at radius 1 is 1.10 bits per heavy atom. The van der Waals surface area contributed by atoms with Crippen molar-refractivity contribution in [3.05, 3.63) is 59.7 Å². The van der Waals surface area contributed by atoms with Crippen molar-refractivity contribution in [3.63, 3.8) is 0 Å². The Morgan fingerprint density at radius 2 is 1.90 bits per heavy atom. The fourth-order valence-electron chi connectivity index (χ4n) is 4.75. The third-order valence-corrected chi connectivity index (χ3v) is 6.46. The van der Waals surface area contributed by atoms with E-state index in [1.807, 2.05) is 6.07 Å². The molecule has 1 aliphatic heterocycles. The second-order valence-electron chi connectivity index (χ2n) is 8.37. The van der Waals surface area contributed by atoms with Crippen LogP contribution in [0.4, 0.5) is 5.69 Å². The number of hydrogen-bond donors (Lipinski definition) is 1. The summed E-state index contributed by atoms with van der Waals surface area (Å²) < 4.78 is 5.35. The van der Waals surface area contributed by atoms with E-state index < -0.39 is 0 Å². The topological polar surface area (TPSA) is 44.8 Å². The third kappa shape index (κ3) is 5.14. The molecular formula is C25H33N3O2. The lowest BCUT2D eigenvalue weighted by atomic mass is 9.81. The van der Waals surface area contributed by atoms with E-state index in [1.54, 1.807) is 7.11 Å². The first kappa shape index (κ1) is 20.7. The van der Waals surface area contributed by atoms with Gasteiger partial charge in [0.15, 0.2) is 0 Å². The Morgan fingerprint density at radius 3 is 2.67 bits per heavy atom. The number of carbonyl (C=O) groups excluding carboxylic acids is 1. The second kappa shape index (κ2) is 9.98. The first-order valence-corrected chi connectivity index (χ1v) is 11.2. The van der Waals surface area contributed by atoms with E-state index in [2.05, 4.69) is 57.6 Å². The van der Waals surface area contributed by atoms with Gasteiger partial charge in [-0.05, 0) is 60.6 Å². The lowest BCUT2D eigenvalue weighted by molar-refractivity contribution is -0.121. The molecule has 0 spiro atoms. The van der Waals surface area contributed by atoms with Crippen LogP contribution in [0.3, 0.4) is 0 Å². The summed E-state index contributed by atoms with van der Waals surface area (Å²) in [5.74, 6) is 1.41. The minimum Gasteiger partial charge on any atom is -0.497 e. The molecule has 0 radical (unpaired) electrons. The molecule has 2 aliphatic rings. The molecule has 0 aromatic heterocycles. The molecule has 0 bridgehead atoms. The van der Waals surface area contributed by atoms with Gasteiger partial charge in [0, 0.05) is 51.4 Å². The van der Waals surface area contributed by atoms with Crippen molar-refractivity contribution < 1.29 is 9.53 Å². The number of nitrogens with zero attached hydrogens (tertiary/aromatic N) is 2. The van der Waals surface area contributed by atoms with Gasteiger partial charge in [0.1, 0.15) is 5.75 Å². The number of para-hydroxylation sites is 1. The first-order chi connectivity index (χ1) is 14.7. The van der Waals surface area contributed by atoms with Crippen LogP contribution in [0.15, 0.2) is 48.5 Å². The number of aryl methyl sites for hydroxylation is 1. The van der Waals surface area contributed by atoms with Gasteiger partial charge < -0.3 is 15.0 Å². The third-order valence-electron chi connectivity index (χ3n) is 6.46. The molecule has 30 heavy (non-hydrogen) atoms. The average molecular weight is 408 g/mol. The number of ether oxygens (including phenoxy) is 1. The number of carbonyl (C=O) groups is 1. The number of fused-ring (bicyclic) bond motifs is 1. The SMILES string of the molecule is COc1ccc2c(c1)CCCC2CC(=O)NCCN1CCN(c2ccccc2)CC1. The smallest absolute Gasteiger partial charge is 0.220 e. The molecule has 1 atom stereocenters. The van der Waals surface area contributed by atoms with E-state index in [0.717, 1.165) is 64.3 Å². The fourth-order valence-corrected chi connectivity index (χ4v) is 4.75. The average Bonchev–Trinajstić information content (AvgIpc) is 2.80. The minimum atomic E-state index is 0.173. The molecule has 160 valence electrons. The highest BCUT2D eigenvalue weighted by Gasteiger charge is 2.23. The maximum Gasteiger partial charge on any atom is 0.220 e. The van der Waals surface area contributed by atoms with Crippen molar-refractivity contribution in [1.82, 2.24) is 10.2 Å². The Hall–Kier alpha value is -2.53. The predicted molar refractivity (Wildman–Crippen MR) is 121 cm³/mol. The zero-order valence-corrected chi connectivity index (χ0v) is 18.0. The maximum absolute atomic E-state index is 12.6. The normalized spacial score (nSPS) is 19.2. The van der Waals surface area contributed by atoms with Crippen molar-refractivity contribution in [2.45, 2.75) is 31.6 Å². The van der Waals surface area contributed by atoms with E-state index in [9.17, 15) is 4.79 Å². The van der Waals surface area contributed by atoms with Crippen LogP contribution in [0.2, 0.25) is 0 Å². The highest BCUT2D eigenvalue weighted by Crippen LogP contribution is 2.35. The van der Waals surface area contributed by atoms with Crippen LogP contribution >= 0.6 is 0 Å². The van der Waals surface area contributed by atoms with E-state index in [1.165, 1.54) is 16.8 Å². The van der Waals surface area contributed by atoms with E-state index in [-0.39, 0.29) is 5.91 Å². The monoisotopic (exact) mass is 407 g/mol. The van der Waals surface area contributed by atoms with Crippen molar-refractivity contribution in [2.24, 2.45) is 0 Å². The largest absolute Gasteiger partial charge is 0.497 e. The maximum atomic E-state index is 12.6. The van der Waals surface area contributed by atoms with E-state index >= 15 is 0 Å². The number of benzene rings is 2. The van der Waals surface area contributed by atoms with Crippen LogP contribution in [0.25, 0.3) is 0 Å². The summed E-state index contributed by atoms with van der Waals surface area (Å²) in [6.45, 7) is 5.82. The van der Waals surface area contributed by atoms with Gasteiger partial charge in [-0.15, -0.1) is 0 Å².